The third kappa shape index (κ3) is 2.96. The zero-order chi connectivity index (χ0) is 20.4. The first-order valence-corrected chi connectivity index (χ1v) is 11.3. The minimum Gasteiger partial charge on any atom is -0.393 e. The summed E-state index contributed by atoms with van der Waals surface area (Å²) in [5.41, 5.74) is 3.73. The molecule has 0 amide bonds. The number of allylic oxidation sites excluding steroid dienone is 1. The summed E-state index contributed by atoms with van der Waals surface area (Å²) in [6.07, 6.45) is 11.0. The molecule has 0 spiro atoms. The fraction of sp³-hybridized carbons (Fsp3) is 0.615. The molecule has 0 aliphatic heterocycles. The van der Waals surface area contributed by atoms with Crippen molar-refractivity contribution >= 4 is 6.08 Å². The third-order valence-corrected chi connectivity index (χ3v) is 9.17. The van der Waals surface area contributed by atoms with Crippen LogP contribution in [0.3, 0.4) is 0 Å². The van der Waals surface area contributed by atoms with E-state index >= 15 is 0 Å². The van der Waals surface area contributed by atoms with Gasteiger partial charge in [-0.2, -0.15) is 0 Å². The highest BCUT2D eigenvalue weighted by molar-refractivity contribution is 5.55. The van der Waals surface area contributed by atoms with Gasteiger partial charge in [-0.3, -0.25) is 0 Å². The highest BCUT2D eigenvalue weighted by Gasteiger charge is 2.59. The lowest BCUT2D eigenvalue weighted by molar-refractivity contribution is -0.0685. The van der Waals surface area contributed by atoms with Gasteiger partial charge < -0.3 is 10.2 Å². The molecule has 2 N–H and O–H groups in total. The van der Waals surface area contributed by atoms with Crippen LogP contribution in [-0.4, -0.2) is 22.4 Å². The molecule has 0 aromatic heterocycles. The Kier molecular flexibility index (Phi) is 4.56. The van der Waals surface area contributed by atoms with E-state index in [1.54, 1.807) is 12.1 Å². The molecule has 7 atom stereocenters. The van der Waals surface area contributed by atoms with Crippen LogP contribution >= 0.6 is 0 Å². The van der Waals surface area contributed by atoms with Crippen molar-refractivity contribution in [2.75, 3.05) is 0 Å². The lowest BCUT2D eigenvalue weighted by Crippen LogP contribution is -2.51. The molecular weight excluding hydrogens is 363 g/mol. The van der Waals surface area contributed by atoms with Gasteiger partial charge in [0.05, 0.1) is 12.2 Å². The van der Waals surface area contributed by atoms with E-state index in [9.17, 15) is 14.6 Å². The Morgan fingerprint density at radius 1 is 1.00 bits per heavy atom. The van der Waals surface area contributed by atoms with Crippen LogP contribution in [0.5, 0.6) is 0 Å². The van der Waals surface area contributed by atoms with Gasteiger partial charge in [-0.15, -0.1) is 0 Å². The first-order chi connectivity index (χ1) is 13.8. The van der Waals surface area contributed by atoms with Gasteiger partial charge in [0.2, 0.25) is 0 Å². The predicted octanol–water partition coefficient (Wildman–Crippen LogP) is 5.50. The van der Waals surface area contributed by atoms with Crippen LogP contribution in [-0.2, 0) is 0 Å². The van der Waals surface area contributed by atoms with Gasteiger partial charge in [0.15, 0.2) is 0 Å². The van der Waals surface area contributed by atoms with E-state index in [2.05, 4.69) is 26.0 Å². The van der Waals surface area contributed by atoms with Crippen LogP contribution < -0.4 is 0 Å². The third-order valence-electron chi connectivity index (χ3n) is 9.17. The number of fused-ring (bicyclic) bond motifs is 5. The normalized spacial score (nSPS) is 45.3. The van der Waals surface area contributed by atoms with Crippen LogP contribution in [0.25, 0.3) is 6.08 Å². The van der Waals surface area contributed by atoms with E-state index in [1.165, 1.54) is 24.1 Å². The van der Waals surface area contributed by atoms with E-state index in [-0.39, 0.29) is 22.8 Å². The molecule has 0 saturated heterocycles. The summed E-state index contributed by atoms with van der Waals surface area (Å²) < 4.78 is 13.3. The molecule has 4 aliphatic carbocycles. The monoisotopic (exact) mass is 396 g/mol. The molecule has 5 rings (SSSR count). The number of benzene rings is 1. The minimum atomic E-state index is -0.412. The Balaban J connectivity index is 1.46. The van der Waals surface area contributed by atoms with Crippen LogP contribution in [0.4, 0.5) is 4.39 Å². The van der Waals surface area contributed by atoms with E-state index in [4.69, 9.17) is 0 Å². The lowest BCUT2D eigenvalue weighted by atomic mass is 9.48. The predicted molar refractivity (Wildman–Crippen MR) is 113 cm³/mol. The smallest absolute Gasteiger partial charge is 0.123 e. The lowest BCUT2D eigenvalue weighted by Gasteiger charge is -2.57. The Hall–Kier alpha value is -1.45. The van der Waals surface area contributed by atoms with Crippen LogP contribution in [0.15, 0.2) is 41.5 Å². The molecule has 3 fully saturated rings. The van der Waals surface area contributed by atoms with Gasteiger partial charge in [-0.25, -0.2) is 4.39 Å². The van der Waals surface area contributed by atoms with Crippen molar-refractivity contribution in [3.05, 3.63) is 52.9 Å². The Labute approximate surface area is 173 Å². The molecule has 2 nitrogen and oxygen atoms in total. The SMILES string of the molecule is CC12CCC(O)CC1=CCC1C2CCC2(C)C(O)C(=Cc3ccc(F)cc3)CC12. The number of hydrogen-bond donors (Lipinski definition) is 2. The maximum absolute atomic E-state index is 13.3. The van der Waals surface area contributed by atoms with Gasteiger partial charge in [0.25, 0.3) is 0 Å². The second kappa shape index (κ2) is 6.78. The summed E-state index contributed by atoms with van der Waals surface area (Å²) in [7, 11) is 0. The van der Waals surface area contributed by atoms with Crippen molar-refractivity contribution in [3.63, 3.8) is 0 Å². The number of aliphatic hydroxyl groups excluding tert-OH is 2. The van der Waals surface area contributed by atoms with Crippen molar-refractivity contribution in [3.8, 4) is 0 Å². The summed E-state index contributed by atoms with van der Waals surface area (Å²) in [5.74, 6) is 1.53. The molecule has 156 valence electrons. The molecule has 29 heavy (non-hydrogen) atoms. The van der Waals surface area contributed by atoms with Crippen molar-refractivity contribution in [1.29, 1.82) is 0 Å². The molecule has 3 heteroatoms. The molecule has 0 radical (unpaired) electrons. The van der Waals surface area contributed by atoms with Gasteiger partial charge in [0, 0.05) is 5.41 Å². The Morgan fingerprint density at radius 2 is 1.76 bits per heavy atom. The fourth-order valence-electron chi connectivity index (χ4n) is 7.41. The standard InChI is InChI=1S/C26H33FO2/c1-25-11-9-20(28)15-18(25)5-8-21-22(25)10-12-26(2)23(21)14-17(24(26)29)13-16-3-6-19(27)7-4-16/h3-7,13,20-24,28-29H,8-12,14-15H2,1-2H3. The highest BCUT2D eigenvalue weighted by Crippen LogP contribution is 2.65. The zero-order valence-corrected chi connectivity index (χ0v) is 17.6. The second-order valence-corrected chi connectivity index (χ2v) is 10.6. The molecule has 7 unspecified atom stereocenters. The van der Waals surface area contributed by atoms with E-state index in [0.29, 0.717) is 17.8 Å². The average molecular weight is 397 g/mol. The summed E-state index contributed by atoms with van der Waals surface area (Å²) in [5, 5.41) is 21.5. The van der Waals surface area contributed by atoms with E-state index in [1.807, 2.05) is 0 Å². The summed E-state index contributed by atoms with van der Waals surface area (Å²) >= 11 is 0. The molecule has 0 bridgehead atoms. The summed E-state index contributed by atoms with van der Waals surface area (Å²) in [6, 6.07) is 6.58. The molecule has 1 aromatic rings. The van der Waals surface area contributed by atoms with Crippen LogP contribution in [0, 0.1) is 34.4 Å². The quantitative estimate of drug-likeness (QED) is 0.615. The van der Waals surface area contributed by atoms with Crippen LogP contribution in [0.2, 0.25) is 0 Å². The van der Waals surface area contributed by atoms with Crippen molar-refractivity contribution in [2.45, 2.75) is 71.0 Å². The summed E-state index contributed by atoms with van der Waals surface area (Å²) in [6.45, 7) is 4.72. The van der Waals surface area contributed by atoms with Gasteiger partial charge in [-0.1, -0.05) is 43.7 Å². The number of hydrogen-bond acceptors (Lipinski definition) is 2. The number of rotatable bonds is 1. The topological polar surface area (TPSA) is 40.5 Å². The molecular formula is C26H33FO2. The average Bonchev–Trinajstić information content (AvgIpc) is 2.95. The maximum Gasteiger partial charge on any atom is 0.123 e. The maximum atomic E-state index is 13.3. The fourth-order valence-corrected chi connectivity index (χ4v) is 7.41. The van der Waals surface area contributed by atoms with Gasteiger partial charge >= 0.3 is 0 Å². The molecule has 3 saturated carbocycles. The first-order valence-electron chi connectivity index (χ1n) is 11.3. The van der Waals surface area contributed by atoms with Crippen molar-refractivity contribution in [2.24, 2.45) is 28.6 Å². The largest absolute Gasteiger partial charge is 0.393 e. The van der Waals surface area contributed by atoms with E-state index < -0.39 is 6.10 Å². The molecule has 4 aliphatic rings. The van der Waals surface area contributed by atoms with Crippen molar-refractivity contribution in [1.82, 2.24) is 0 Å². The zero-order valence-electron chi connectivity index (χ0n) is 17.6. The number of halogens is 1. The number of aliphatic hydroxyl groups is 2. The van der Waals surface area contributed by atoms with Crippen LogP contribution in [0.1, 0.15) is 64.4 Å². The summed E-state index contributed by atoms with van der Waals surface area (Å²) in [4.78, 5) is 0. The Morgan fingerprint density at radius 3 is 2.52 bits per heavy atom. The molecule has 0 heterocycles. The van der Waals surface area contributed by atoms with E-state index in [0.717, 1.165) is 49.7 Å². The highest BCUT2D eigenvalue weighted by atomic mass is 19.1. The second-order valence-electron chi connectivity index (χ2n) is 10.6. The molecule has 1 aromatic carbocycles. The minimum absolute atomic E-state index is 0.0666. The van der Waals surface area contributed by atoms with Gasteiger partial charge in [0.1, 0.15) is 5.82 Å². The first kappa shape index (κ1) is 19.5. The Bertz CT molecular complexity index is 856. The van der Waals surface area contributed by atoms with Crippen molar-refractivity contribution < 1.29 is 14.6 Å². The van der Waals surface area contributed by atoms with Gasteiger partial charge in [-0.05, 0) is 91.4 Å².